The number of anilines is 1. The molecule has 10 nitrogen and oxygen atoms in total. The summed E-state index contributed by atoms with van der Waals surface area (Å²) in [5.74, 6) is -3.15. The topological polar surface area (TPSA) is 120 Å². The standard InChI is InChI=1S/C31H42N2O8/c1-29(2,3)40-26(35)23-14-15-25(32-27(36)31(38-7,39-8)17-19-34)24(20-23)21-33(28(37)41-30(4,5)6)18-16-22-12-10-9-11-13-22/h9-15,19-20H,16-18,21H2,1-8H3,(H,32,36). The smallest absolute Gasteiger partial charge is 0.410 e. The van der Waals surface area contributed by atoms with Crippen LogP contribution in [0, 0.1) is 0 Å². The lowest BCUT2D eigenvalue weighted by Gasteiger charge is -2.30. The van der Waals surface area contributed by atoms with E-state index in [0.717, 1.165) is 5.56 Å². The van der Waals surface area contributed by atoms with E-state index >= 15 is 0 Å². The molecular weight excluding hydrogens is 528 g/mol. The van der Waals surface area contributed by atoms with Crippen LogP contribution in [0.1, 0.15) is 69.4 Å². The first kappa shape index (κ1) is 33.4. The van der Waals surface area contributed by atoms with Crippen LogP contribution in [0.2, 0.25) is 0 Å². The maximum Gasteiger partial charge on any atom is 0.410 e. The van der Waals surface area contributed by atoms with Crippen molar-refractivity contribution in [1.29, 1.82) is 0 Å². The fraction of sp³-hybridized carbons (Fsp3) is 0.484. The average molecular weight is 571 g/mol. The van der Waals surface area contributed by atoms with E-state index in [0.29, 0.717) is 30.5 Å². The summed E-state index contributed by atoms with van der Waals surface area (Å²) in [6.45, 7) is 10.9. The molecule has 10 heteroatoms. The molecule has 0 radical (unpaired) electrons. The average Bonchev–Trinajstić information content (AvgIpc) is 2.89. The number of amides is 2. The van der Waals surface area contributed by atoms with E-state index in [1.807, 2.05) is 30.3 Å². The first-order valence-electron chi connectivity index (χ1n) is 13.4. The number of rotatable bonds is 12. The van der Waals surface area contributed by atoms with Gasteiger partial charge < -0.3 is 34.0 Å². The van der Waals surface area contributed by atoms with Gasteiger partial charge in [0.15, 0.2) is 0 Å². The van der Waals surface area contributed by atoms with Crippen molar-refractivity contribution in [2.45, 2.75) is 77.9 Å². The minimum Gasteiger partial charge on any atom is -0.456 e. The number of aldehydes is 1. The van der Waals surface area contributed by atoms with Gasteiger partial charge in [0.25, 0.3) is 11.7 Å². The highest BCUT2D eigenvalue weighted by Gasteiger charge is 2.39. The van der Waals surface area contributed by atoms with E-state index in [-0.39, 0.29) is 18.5 Å². The van der Waals surface area contributed by atoms with Crippen LogP contribution in [0.5, 0.6) is 0 Å². The molecule has 2 aromatic carbocycles. The molecule has 2 aromatic rings. The van der Waals surface area contributed by atoms with Gasteiger partial charge in [-0.3, -0.25) is 4.79 Å². The minimum atomic E-state index is -1.86. The second-order valence-corrected chi connectivity index (χ2v) is 11.5. The third-order valence-electron chi connectivity index (χ3n) is 5.87. The predicted molar refractivity (Wildman–Crippen MR) is 154 cm³/mol. The van der Waals surface area contributed by atoms with Gasteiger partial charge in [-0.15, -0.1) is 0 Å². The third kappa shape index (κ3) is 10.3. The van der Waals surface area contributed by atoms with Gasteiger partial charge in [0, 0.05) is 26.5 Å². The van der Waals surface area contributed by atoms with Gasteiger partial charge in [0.2, 0.25) is 0 Å². The number of nitrogens with one attached hydrogen (secondary N) is 1. The van der Waals surface area contributed by atoms with Crippen molar-refractivity contribution in [3.8, 4) is 0 Å². The molecule has 0 fully saturated rings. The molecule has 0 atom stereocenters. The number of benzene rings is 2. The maximum absolute atomic E-state index is 13.3. The van der Waals surface area contributed by atoms with E-state index < -0.39 is 35.0 Å². The van der Waals surface area contributed by atoms with Gasteiger partial charge in [-0.1, -0.05) is 30.3 Å². The van der Waals surface area contributed by atoms with E-state index in [1.54, 1.807) is 47.6 Å². The second kappa shape index (κ2) is 14.2. The molecule has 0 aliphatic rings. The van der Waals surface area contributed by atoms with Crippen LogP contribution in [0.25, 0.3) is 0 Å². The summed E-state index contributed by atoms with van der Waals surface area (Å²) in [5.41, 5.74) is 0.512. The van der Waals surface area contributed by atoms with Crippen LogP contribution < -0.4 is 5.32 Å². The highest BCUT2D eigenvalue weighted by Crippen LogP contribution is 2.26. The van der Waals surface area contributed by atoms with Crippen LogP contribution in [0.15, 0.2) is 48.5 Å². The first-order valence-corrected chi connectivity index (χ1v) is 13.4. The summed E-state index contributed by atoms with van der Waals surface area (Å²) in [7, 11) is 2.51. The predicted octanol–water partition coefficient (Wildman–Crippen LogP) is 5.14. The first-order chi connectivity index (χ1) is 19.1. The van der Waals surface area contributed by atoms with Gasteiger partial charge in [-0.05, 0) is 77.3 Å². The normalized spacial score (nSPS) is 11.9. The summed E-state index contributed by atoms with van der Waals surface area (Å²) in [4.78, 5) is 52.2. The number of ether oxygens (including phenoxy) is 4. The molecule has 224 valence electrons. The summed E-state index contributed by atoms with van der Waals surface area (Å²) in [5, 5.41) is 2.74. The molecule has 2 rings (SSSR count). The highest BCUT2D eigenvalue weighted by molar-refractivity contribution is 5.99. The Morgan fingerprint density at radius 1 is 0.878 bits per heavy atom. The number of carbonyl (C=O) groups is 4. The van der Waals surface area contributed by atoms with Gasteiger partial charge in [0.05, 0.1) is 18.5 Å². The molecule has 0 unspecified atom stereocenters. The molecular formula is C31H42N2O8. The van der Waals surface area contributed by atoms with Crippen LogP contribution in [0.4, 0.5) is 10.5 Å². The number of nitrogens with zero attached hydrogens (tertiary/aromatic N) is 1. The van der Waals surface area contributed by atoms with E-state index in [9.17, 15) is 19.2 Å². The summed E-state index contributed by atoms with van der Waals surface area (Å²) >= 11 is 0. The van der Waals surface area contributed by atoms with Gasteiger partial charge in [0.1, 0.15) is 17.5 Å². The third-order valence-corrected chi connectivity index (χ3v) is 5.87. The number of hydrogen-bond donors (Lipinski definition) is 1. The van der Waals surface area contributed by atoms with Gasteiger partial charge >= 0.3 is 12.1 Å². The van der Waals surface area contributed by atoms with Crippen molar-refractivity contribution in [3.63, 3.8) is 0 Å². The quantitative estimate of drug-likeness (QED) is 0.212. The lowest BCUT2D eigenvalue weighted by atomic mass is 10.1. The largest absolute Gasteiger partial charge is 0.456 e. The van der Waals surface area contributed by atoms with Gasteiger partial charge in [-0.2, -0.15) is 0 Å². The fourth-order valence-electron chi connectivity index (χ4n) is 3.84. The molecule has 0 aliphatic carbocycles. The van der Waals surface area contributed by atoms with Crippen LogP contribution in [-0.4, -0.2) is 66.9 Å². The Balaban J connectivity index is 2.53. The number of hydrogen-bond acceptors (Lipinski definition) is 8. The highest BCUT2D eigenvalue weighted by atomic mass is 16.7. The van der Waals surface area contributed by atoms with Crippen LogP contribution in [0.3, 0.4) is 0 Å². The summed E-state index contributed by atoms with van der Waals surface area (Å²) < 4.78 is 21.7. The van der Waals surface area contributed by atoms with E-state index in [2.05, 4.69) is 5.32 Å². The fourth-order valence-corrected chi connectivity index (χ4v) is 3.84. The second-order valence-electron chi connectivity index (χ2n) is 11.5. The van der Waals surface area contributed by atoms with Crippen molar-refractivity contribution < 1.29 is 38.1 Å². The van der Waals surface area contributed by atoms with Crippen molar-refractivity contribution in [2.75, 3.05) is 26.1 Å². The summed E-state index contributed by atoms with van der Waals surface area (Å²) in [6, 6.07) is 14.3. The van der Waals surface area contributed by atoms with Crippen molar-refractivity contribution in [1.82, 2.24) is 4.90 Å². The van der Waals surface area contributed by atoms with Crippen LogP contribution in [-0.2, 0) is 41.5 Å². The Morgan fingerprint density at radius 2 is 1.49 bits per heavy atom. The monoisotopic (exact) mass is 570 g/mol. The van der Waals surface area contributed by atoms with Crippen molar-refractivity contribution >= 4 is 29.9 Å². The Bertz CT molecular complexity index is 1190. The summed E-state index contributed by atoms with van der Waals surface area (Å²) in [6.07, 6.45) is 0.159. The number of esters is 1. The van der Waals surface area contributed by atoms with Crippen molar-refractivity contribution in [3.05, 3.63) is 65.2 Å². The Kier molecular flexibility index (Phi) is 11.6. The van der Waals surface area contributed by atoms with Crippen LogP contribution >= 0.6 is 0 Å². The SMILES string of the molecule is COC(CC=O)(OC)C(=O)Nc1ccc(C(=O)OC(C)(C)C)cc1CN(CCc1ccccc1)C(=O)OC(C)(C)C. The molecule has 0 aromatic heterocycles. The zero-order valence-electron chi connectivity index (χ0n) is 25.2. The molecule has 2 amide bonds. The van der Waals surface area contributed by atoms with E-state index in [1.165, 1.54) is 31.3 Å². The number of methoxy groups -OCH3 is 2. The minimum absolute atomic E-state index is 0.00531. The molecule has 0 bridgehead atoms. The maximum atomic E-state index is 13.3. The Hall–Kier alpha value is -3.76. The molecule has 0 spiro atoms. The number of carbonyl (C=O) groups excluding carboxylic acids is 4. The molecule has 0 saturated carbocycles. The molecule has 0 heterocycles. The molecule has 0 aliphatic heterocycles. The molecule has 1 N–H and O–H groups in total. The zero-order valence-corrected chi connectivity index (χ0v) is 25.2. The molecule has 41 heavy (non-hydrogen) atoms. The lowest BCUT2D eigenvalue weighted by Crippen LogP contribution is -2.47. The Labute approximate surface area is 242 Å². The Morgan fingerprint density at radius 3 is 2.02 bits per heavy atom. The van der Waals surface area contributed by atoms with Crippen molar-refractivity contribution in [2.24, 2.45) is 0 Å². The molecule has 0 saturated heterocycles. The lowest BCUT2D eigenvalue weighted by molar-refractivity contribution is -0.205. The zero-order chi connectivity index (χ0) is 30.8. The van der Waals surface area contributed by atoms with E-state index in [4.69, 9.17) is 18.9 Å². The van der Waals surface area contributed by atoms with Gasteiger partial charge in [-0.25, -0.2) is 9.59 Å².